The van der Waals surface area contributed by atoms with Crippen molar-refractivity contribution in [1.82, 2.24) is 0 Å². The van der Waals surface area contributed by atoms with Crippen LogP contribution in [0, 0.1) is 0 Å². The zero-order valence-corrected chi connectivity index (χ0v) is 18.2. The van der Waals surface area contributed by atoms with Gasteiger partial charge in [-0.3, -0.25) is 9.59 Å². The van der Waals surface area contributed by atoms with Crippen LogP contribution < -0.4 is 14.8 Å². The van der Waals surface area contributed by atoms with E-state index in [1.54, 1.807) is 6.07 Å². The Morgan fingerprint density at radius 1 is 1.06 bits per heavy atom. The minimum atomic E-state index is -0.400. The summed E-state index contributed by atoms with van der Waals surface area (Å²) in [6.07, 6.45) is 2.30. The van der Waals surface area contributed by atoms with E-state index in [1.165, 1.54) is 17.7 Å². The Kier molecular flexibility index (Phi) is 5.17. The Morgan fingerprint density at radius 3 is 2.72 bits per heavy atom. The van der Waals surface area contributed by atoms with E-state index in [4.69, 9.17) is 9.47 Å². The molecule has 2 aliphatic rings. The highest BCUT2D eigenvalue weighted by Crippen LogP contribution is 2.48. The van der Waals surface area contributed by atoms with Gasteiger partial charge in [-0.15, -0.1) is 0 Å². The third kappa shape index (κ3) is 3.44. The lowest BCUT2D eigenvalue weighted by Crippen LogP contribution is -2.27. The fraction of sp³-hybridized carbons (Fsp3) is 0.259. The van der Waals surface area contributed by atoms with Gasteiger partial charge in [-0.25, -0.2) is 0 Å². The molecule has 0 bridgehead atoms. The maximum absolute atomic E-state index is 13.2. The standard InChI is InChI=1S/C27H25NO4/c1-3-31-24-15-18(12-14-23(24)32-16(2)29)27-26-20(9-6-10-22(26)30)25-19-8-5-4-7-17(19)11-13-21(25)28-27/h4-5,7-8,11-15,27-28H,3,6,9-10H2,1-2H3. The molecule has 0 aromatic heterocycles. The largest absolute Gasteiger partial charge is 0.490 e. The Balaban J connectivity index is 1.67. The number of carbonyl (C=O) groups is 2. The molecule has 1 aliphatic heterocycles. The topological polar surface area (TPSA) is 64.6 Å². The number of rotatable bonds is 4. The molecule has 1 heterocycles. The van der Waals surface area contributed by atoms with E-state index in [2.05, 4.69) is 29.6 Å². The van der Waals surface area contributed by atoms with Crippen molar-refractivity contribution in [2.45, 2.75) is 39.2 Å². The van der Waals surface area contributed by atoms with Crippen molar-refractivity contribution in [3.05, 3.63) is 71.3 Å². The SMILES string of the molecule is CCOc1cc(C2Nc3ccc4ccccc4c3C3=C2C(=O)CCC3)ccc1OC(C)=O. The van der Waals surface area contributed by atoms with Crippen molar-refractivity contribution in [2.24, 2.45) is 0 Å². The van der Waals surface area contributed by atoms with Gasteiger partial charge in [0.2, 0.25) is 0 Å². The molecule has 0 amide bonds. The summed E-state index contributed by atoms with van der Waals surface area (Å²) in [7, 11) is 0. The molecule has 0 saturated carbocycles. The van der Waals surface area contributed by atoms with E-state index >= 15 is 0 Å². The third-order valence-electron chi connectivity index (χ3n) is 6.13. The van der Waals surface area contributed by atoms with Gasteiger partial charge in [0.1, 0.15) is 0 Å². The highest BCUT2D eigenvalue weighted by atomic mass is 16.6. The molecule has 1 unspecified atom stereocenters. The van der Waals surface area contributed by atoms with Crippen LogP contribution >= 0.6 is 0 Å². The fourth-order valence-electron chi connectivity index (χ4n) is 4.86. The number of nitrogens with one attached hydrogen (secondary N) is 1. The second-order valence-corrected chi connectivity index (χ2v) is 8.19. The smallest absolute Gasteiger partial charge is 0.308 e. The zero-order chi connectivity index (χ0) is 22.2. The number of fused-ring (bicyclic) bond motifs is 4. The average Bonchev–Trinajstić information content (AvgIpc) is 2.79. The van der Waals surface area contributed by atoms with Gasteiger partial charge < -0.3 is 14.8 Å². The summed E-state index contributed by atoms with van der Waals surface area (Å²) in [5.74, 6) is 0.665. The summed E-state index contributed by atoms with van der Waals surface area (Å²) in [4.78, 5) is 24.7. The van der Waals surface area contributed by atoms with E-state index in [0.29, 0.717) is 24.5 Å². The predicted molar refractivity (Wildman–Crippen MR) is 125 cm³/mol. The molecule has 3 aromatic carbocycles. The van der Waals surface area contributed by atoms with Crippen molar-refractivity contribution >= 4 is 33.8 Å². The number of carbonyl (C=O) groups excluding carboxylic acids is 2. The second kappa shape index (κ2) is 8.15. The van der Waals surface area contributed by atoms with Crippen molar-refractivity contribution < 1.29 is 19.1 Å². The Labute approximate surface area is 187 Å². The van der Waals surface area contributed by atoms with Gasteiger partial charge in [0.05, 0.1) is 12.6 Å². The number of benzene rings is 3. The van der Waals surface area contributed by atoms with Crippen LogP contribution in [0.4, 0.5) is 5.69 Å². The molecule has 5 rings (SSSR count). The quantitative estimate of drug-likeness (QED) is 0.419. The van der Waals surface area contributed by atoms with Gasteiger partial charge in [-0.1, -0.05) is 36.4 Å². The van der Waals surface area contributed by atoms with Gasteiger partial charge >= 0.3 is 5.97 Å². The van der Waals surface area contributed by atoms with Crippen LogP contribution in [0.5, 0.6) is 11.5 Å². The first-order valence-electron chi connectivity index (χ1n) is 11.1. The molecular formula is C27H25NO4. The normalized spacial score (nSPS) is 17.4. The molecule has 162 valence electrons. The molecule has 3 aromatic rings. The van der Waals surface area contributed by atoms with Gasteiger partial charge in [0.15, 0.2) is 17.3 Å². The van der Waals surface area contributed by atoms with E-state index in [0.717, 1.165) is 40.8 Å². The molecule has 1 aliphatic carbocycles. The first-order chi connectivity index (χ1) is 15.6. The molecule has 0 fully saturated rings. The first kappa shape index (κ1) is 20.3. The van der Waals surface area contributed by atoms with E-state index in [9.17, 15) is 9.59 Å². The molecule has 0 spiro atoms. The number of esters is 1. The van der Waals surface area contributed by atoms with Crippen molar-refractivity contribution in [2.75, 3.05) is 11.9 Å². The summed E-state index contributed by atoms with van der Waals surface area (Å²) in [5, 5.41) is 5.96. The molecule has 1 N–H and O–H groups in total. The minimum absolute atomic E-state index is 0.185. The highest BCUT2D eigenvalue weighted by molar-refractivity contribution is 6.12. The van der Waals surface area contributed by atoms with Crippen LogP contribution in [-0.4, -0.2) is 18.4 Å². The number of allylic oxidation sites excluding steroid dienone is 1. The van der Waals surface area contributed by atoms with E-state index in [-0.39, 0.29) is 11.8 Å². The first-order valence-corrected chi connectivity index (χ1v) is 11.1. The van der Waals surface area contributed by atoms with Gasteiger partial charge in [0.25, 0.3) is 0 Å². The number of ether oxygens (including phenoxy) is 2. The number of Topliss-reactive ketones (excluding diaryl/α,β-unsaturated/α-hetero) is 1. The lowest BCUT2D eigenvalue weighted by atomic mass is 9.77. The summed E-state index contributed by atoms with van der Waals surface area (Å²) in [6, 6.07) is 17.8. The minimum Gasteiger partial charge on any atom is -0.490 e. The monoisotopic (exact) mass is 427 g/mol. The van der Waals surface area contributed by atoms with Crippen molar-refractivity contribution in [3.8, 4) is 11.5 Å². The Hall–Kier alpha value is -3.60. The number of hydrogen-bond acceptors (Lipinski definition) is 5. The van der Waals surface area contributed by atoms with Crippen LogP contribution in [-0.2, 0) is 9.59 Å². The average molecular weight is 428 g/mol. The molecule has 1 atom stereocenters. The van der Waals surface area contributed by atoms with Crippen LogP contribution in [0.3, 0.4) is 0 Å². The van der Waals surface area contributed by atoms with Gasteiger partial charge in [-0.2, -0.15) is 0 Å². The molecule has 5 nitrogen and oxygen atoms in total. The predicted octanol–water partition coefficient (Wildman–Crippen LogP) is 5.84. The molecule has 32 heavy (non-hydrogen) atoms. The Bertz CT molecular complexity index is 1270. The maximum atomic E-state index is 13.2. The number of ketones is 1. The van der Waals surface area contributed by atoms with Crippen LogP contribution in [0.25, 0.3) is 16.3 Å². The second-order valence-electron chi connectivity index (χ2n) is 8.19. The summed E-state index contributed by atoms with van der Waals surface area (Å²) < 4.78 is 11.1. The molecular weight excluding hydrogens is 402 g/mol. The highest BCUT2D eigenvalue weighted by Gasteiger charge is 2.35. The van der Waals surface area contributed by atoms with E-state index < -0.39 is 5.97 Å². The molecule has 0 saturated heterocycles. The third-order valence-corrected chi connectivity index (χ3v) is 6.13. The van der Waals surface area contributed by atoms with Crippen LogP contribution in [0.15, 0.2) is 60.2 Å². The van der Waals surface area contributed by atoms with Crippen LogP contribution in [0.2, 0.25) is 0 Å². The molecule has 5 heteroatoms. The zero-order valence-electron chi connectivity index (χ0n) is 18.2. The Morgan fingerprint density at radius 2 is 1.91 bits per heavy atom. The number of anilines is 1. The van der Waals surface area contributed by atoms with Gasteiger partial charge in [-0.05, 0) is 59.9 Å². The number of hydrogen-bond donors (Lipinski definition) is 1. The van der Waals surface area contributed by atoms with Crippen LogP contribution in [0.1, 0.15) is 50.3 Å². The fourth-order valence-corrected chi connectivity index (χ4v) is 4.86. The summed E-state index contributed by atoms with van der Waals surface area (Å²) in [6.45, 7) is 3.69. The van der Waals surface area contributed by atoms with Gasteiger partial charge in [0, 0.05) is 30.2 Å². The maximum Gasteiger partial charge on any atom is 0.308 e. The van der Waals surface area contributed by atoms with Crippen molar-refractivity contribution in [1.29, 1.82) is 0 Å². The van der Waals surface area contributed by atoms with E-state index in [1.807, 2.05) is 31.2 Å². The summed E-state index contributed by atoms with van der Waals surface area (Å²) >= 11 is 0. The van der Waals surface area contributed by atoms with Crippen molar-refractivity contribution in [3.63, 3.8) is 0 Å². The lowest BCUT2D eigenvalue weighted by molar-refractivity contribution is -0.132. The molecule has 0 radical (unpaired) electrons. The lowest BCUT2D eigenvalue weighted by Gasteiger charge is -2.35. The summed E-state index contributed by atoms with van der Waals surface area (Å²) in [5.41, 5.74) is 5.06.